The number of benzene rings is 4. The van der Waals surface area contributed by atoms with Crippen LogP contribution in [0.5, 0.6) is 0 Å². The maximum absolute atomic E-state index is 12.1. The quantitative estimate of drug-likeness (QED) is 0.152. The molecular weight excluding hydrogens is 841 g/mol. The molecule has 12 nitrogen and oxygen atoms in total. The summed E-state index contributed by atoms with van der Waals surface area (Å²) in [6.45, 7) is 0. The molecule has 0 fully saturated rings. The summed E-state index contributed by atoms with van der Waals surface area (Å²) in [6.07, 6.45) is 5.41. The molecular formula is C32H20BaCl2N4O8S2. The largest absolute Gasteiger partial charge is 2.00 e. The van der Waals surface area contributed by atoms with Crippen molar-refractivity contribution in [1.29, 1.82) is 0 Å². The Morgan fingerprint density at radius 2 is 0.918 bits per heavy atom. The van der Waals surface area contributed by atoms with E-state index in [-0.39, 0.29) is 81.7 Å². The molecule has 0 aliphatic heterocycles. The van der Waals surface area contributed by atoms with Gasteiger partial charge in [-0.25, -0.2) is 16.8 Å². The monoisotopic (exact) mass is 860 g/mol. The first kappa shape index (κ1) is 38.4. The summed E-state index contributed by atoms with van der Waals surface area (Å²) < 4.78 is 66.7. The zero-order valence-electron chi connectivity index (χ0n) is 24.8. The van der Waals surface area contributed by atoms with Crippen LogP contribution in [0.4, 0.5) is 11.4 Å². The van der Waals surface area contributed by atoms with E-state index >= 15 is 0 Å². The summed E-state index contributed by atoms with van der Waals surface area (Å²) in [6, 6.07) is 21.3. The molecule has 0 amide bonds. The van der Waals surface area contributed by atoms with Crippen LogP contribution in [-0.4, -0.2) is 97.8 Å². The Labute approximate surface area is 331 Å². The van der Waals surface area contributed by atoms with Crippen molar-refractivity contribution >= 4 is 139 Å². The number of rotatable bonds is 6. The van der Waals surface area contributed by atoms with Gasteiger partial charge in [0.05, 0.1) is 31.2 Å². The predicted octanol–water partition coefficient (Wildman–Crippen LogP) is 4.93. The summed E-state index contributed by atoms with van der Waals surface area (Å²) in [4.78, 5) is 23.4. The number of fused-ring (bicyclic) bond motifs is 2. The van der Waals surface area contributed by atoms with E-state index in [0.29, 0.717) is 43.7 Å². The molecule has 0 atom stereocenters. The minimum atomic E-state index is -4.57. The van der Waals surface area contributed by atoms with Crippen LogP contribution in [0.25, 0.3) is 12.2 Å². The molecule has 0 saturated carbocycles. The second kappa shape index (κ2) is 16.1. The number of carbonyl (C=O) groups is 2. The first-order valence-corrected chi connectivity index (χ1v) is 17.1. The minimum Gasteiger partial charge on any atom is -0.744 e. The van der Waals surface area contributed by atoms with Crippen LogP contribution in [0.1, 0.15) is 22.3 Å². The molecule has 6 rings (SSSR count). The molecule has 49 heavy (non-hydrogen) atoms. The van der Waals surface area contributed by atoms with Crippen LogP contribution in [0.2, 0.25) is 10.0 Å². The van der Waals surface area contributed by atoms with Gasteiger partial charge in [-0.05, 0) is 71.8 Å². The van der Waals surface area contributed by atoms with Crippen LogP contribution in [0.3, 0.4) is 0 Å². The van der Waals surface area contributed by atoms with Crippen molar-refractivity contribution in [2.75, 3.05) is 10.9 Å². The van der Waals surface area contributed by atoms with Crippen LogP contribution in [0.15, 0.2) is 117 Å². The van der Waals surface area contributed by atoms with Gasteiger partial charge in [-0.15, -0.1) is 0 Å². The molecule has 0 radical (unpaired) electrons. The van der Waals surface area contributed by atoms with Gasteiger partial charge in [0, 0.05) is 11.1 Å². The molecule has 0 aromatic heterocycles. The molecule has 244 valence electrons. The summed E-state index contributed by atoms with van der Waals surface area (Å²) in [5.41, 5.74) is 8.38. The fourth-order valence-corrected chi connectivity index (χ4v) is 5.79. The van der Waals surface area contributed by atoms with Crippen LogP contribution in [-0.2, 0) is 29.8 Å². The number of ketones is 2. The molecule has 2 aliphatic carbocycles. The Morgan fingerprint density at radius 3 is 1.27 bits per heavy atom. The Hall–Kier alpha value is -3.39. The van der Waals surface area contributed by atoms with Gasteiger partial charge in [0.2, 0.25) is 11.6 Å². The first-order chi connectivity index (χ1) is 22.7. The van der Waals surface area contributed by atoms with Crippen molar-refractivity contribution in [3.63, 3.8) is 0 Å². The van der Waals surface area contributed by atoms with Crippen molar-refractivity contribution in [2.45, 2.75) is 9.79 Å². The van der Waals surface area contributed by atoms with E-state index < -0.39 is 20.2 Å². The summed E-state index contributed by atoms with van der Waals surface area (Å²) in [7, 11) is -9.14. The third-order valence-corrected chi connectivity index (χ3v) is 9.07. The summed E-state index contributed by atoms with van der Waals surface area (Å²) in [5.74, 6) is -0.695. The molecule has 0 saturated heterocycles. The normalized spacial score (nSPS) is 15.1. The maximum Gasteiger partial charge on any atom is 2.00 e. The number of nitrogens with zero attached hydrogens (tertiary/aromatic N) is 2. The van der Waals surface area contributed by atoms with Gasteiger partial charge in [0.1, 0.15) is 31.7 Å². The molecule has 17 heteroatoms. The zero-order chi connectivity index (χ0) is 34.6. The van der Waals surface area contributed by atoms with Gasteiger partial charge < -0.3 is 9.11 Å². The van der Waals surface area contributed by atoms with E-state index in [2.05, 4.69) is 21.1 Å². The van der Waals surface area contributed by atoms with E-state index in [4.69, 9.17) is 23.2 Å². The van der Waals surface area contributed by atoms with E-state index in [9.17, 15) is 35.5 Å². The van der Waals surface area contributed by atoms with E-state index in [1.54, 1.807) is 48.5 Å². The third kappa shape index (κ3) is 9.44. The Bertz CT molecular complexity index is 2160. The van der Waals surface area contributed by atoms with E-state index in [1.165, 1.54) is 48.6 Å². The zero-order valence-corrected chi connectivity index (χ0v) is 32.4. The Balaban J connectivity index is 0.000000216. The number of hydrazone groups is 2. The van der Waals surface area contributed by atoms with Crippen molar-refractivity contribution in [3.8, 4) is 0 Å². The SMILES string of the molecule is O=C1C=Cc2cc(S(=O)(=O)[O-])ccc2/C1=N\Nc1ccccc1Cl.O=C1C=Cc2cc(S(=O)(=O)[O-])ccc2/C1=N\Nc1ccccc1Cl.[Ba+2]. The van der Waals surface area contributed by atoms with Gasteiger partial charge in [-0.1, -0.05) is 71.8 Å². The van der Waals surface area contributed by atoms with Gasteiger partial charge in [-0.2, -0.15) is 10.2 Å². The standard InChI is InChI=1S/2C16H11ClN2O4S.Ba/c2*17-13-3-1-2-4-14(13)18-19-16-12-7-6-11(24(21,22)23)9-10(12)5-8-15(16)20;/h2*1-9,18H,(H,21,22,23);/q;;+2/p-2/b2*19-16+;. The van der Waals surface area contributed by atoms with Crippen molar-refractivity contribution in [1.82, 2.24) is 0 Å². The Morgan fingerprint density at radius 1 is 0.551 bits per heavy atom. The van der Waals surface area contributed by atoms with E-state index in [1.807, 2.05) is 0 Å². The smallest absolute Gasteiger partial charge is 0.744 e. The molecule has 0 bridgehead atoms. The van der Waals surface area contributed by atoms with E-state index in [0.717, 1.165) is 12.1 Å². The number of anilines is 2. The van der Waals surface area contributed by atoms with Gasteiger partial charge >= 0.3 is 48.9 Å². The number of para-hydroxylation sites is 2. The number of hydrogen-bond donors (Lipinski definition) is 2. The fourth-order valence-electron chi connectivity index (χ4n) is 4.42. The average Bonchev–Trinajstić information content (AvgIpc) is 3.04. The van der Waals surface area contributed by atoms with Crippen molar-refractivity contribution in [3.05, 3.63) is 129 Å². The molecule has 2 N–H and O–H groups in total. The number of carbonyl (C=O) groups excluding carboxylic acids is 2. The molecule has 0 spiro atoms. The van der Waals surface area contributed by atoms with Gasteiger partial charge in [-0.3, -0.25) is 20.4 Å². The minimum absolute atomic E-state index is 0. The molecule has 0 unspecified atom stereocenters. The predicted molar refractivity (Wildman–Crippen MR) is 186 cm³/mol. The van der Waals surface area contributed by atoms with Gasteiger partial charge in [0.15, 0.2) is 0 Å². The van der Waals surface area contributed by atoms with Crippen LogP contribution >= 0.6 is 23.2 Å². The van der Waals surface area contributed by atoms with Crippen molar-refractivity contribution < 1.29 is 35.5 Å². The number of halogens is 2. The van der Waals surface area contributed by atoms with Gasteiger partial charge in [0.25, 0.3) is 0 Å². The van der Waals surface area contributed by atoms with Crippen LogP contribution in [0, 0.1) is 0 Å². The second-order valence-electron chi connectivity index (χ2n) is 9.91. The van der Waals surface area contributed by atoms with Crippen LogP contribution < -0.4 is 10.9 Å². The first-order valence-electron chi connectivity index (χ1n) is 13.5. The molecule has 0 heterocycles. The average molecular weight is 861 g/mol. The third-order valence-electron chi connectivity index (χ3n) is 6.75. The molecule has 4 aromatic rings. The molecule has 4 aromatic carbocycles. The fraction of sp³-hybridized carbons (Fsp3) is 0. The topological polar surface area (TPSA) is 197 Å². The Kier molecular flexibility index (Phi) is 12.6. The summed E-state index contributed by atoms with van der Waals surface area (Å²) in [5, 5.41) is 9.04. The second-order valence-corrected chi connectivity index (χ2v) is 13.5. The maximum atomic E-state index is 12.1. The number of hydrogen-bond acceptors (Lipinski definition) is 12. The number of nitrogens with one attached hydrogen (secondary N) is 2. The molecule has 2 aliphatic rings. The van der Waals surface area contributed by atoms with Crippen molar-refractivity contribution in [2.24, 2.45) is 10.2 Å². The summed E-state index contributed by atoms with van der Waals surface area (Å²) >= 11 is 12.0. The number of allylic oxidation sites excluding steroid dienone is 2.